The molecule has 11 heteroatoms. The van der Waals surface area contributed by atoms with Crippen molar-refractivity contribution < 1.29 is 23.6 Å². The van der Waals surface area contributed by atoms with Gasteiger partial charge in [0, 0.05) is 29.5 Å². The van der Waals surface area contributed by atoms with Crippen molar-refractivity contribution in [2.75, 3.05) is 11.9 Å². The van der Waals surface area contributed by atoms with Gasteiger partial charge in [0.2, 0.25) is 5.91 Å². The Morgan fingerprint density at radius 1 is 1.10 bits per heavy atom. The lowest BCUT2D eigenvalue weighted by atomic mass is 9.91. The average molecular weight is 570 g/mol. The molecular formula is C30H24FN5O4S. The van der Waals surface area contributed by atoms with E-state index < -0.39 is 29.6 Å². The number of imide groups is 1. The Hall–Kier alpha value is -4.77. The minimum atomic E-state index is -0.681. The maximum Gasteiger partial charge on any atom is 0.261 e. The summed E-state index contributed by atoms with van der Waals surface area (Å²) in [7, 11) is 0. The van der Waals surface area contributed by atoms with Gasteiger partial charge < -0.3 is 10.6 Å². The first kappa shape index (κ1) is 26.5. The Morgan fingerprint density at radius 2 is 1.85 bits per heavy atom. The van der Waals surface area contributed by atoms with E-state index in [1.165, 1.54) is 29.8 Å². The third-order valence-electron chi connectivity index (χ3n) is 7.21. The summed E-state index contributed by atoms with van der Waals surface area (Å²) in [5.74, 6) is -1.43. The van der Waals surface area contributed by atoms with Gasteiger partial charge in [-0.2, -0.15) is 0 Å². The number of halogens is 1. The molecule has 0 saturated heterocycles. The van der Waals surface area contributed by atoms with Crippen molar-refractivity contribution in [3.8, 4) is 11.3 Å². The summed E-state index contributed by atoms with van der Waals surface area (Å²) in [6.45, 7) is 1.85. The Bertz CT molecular complexity index is 1690. The molecule has 9 nitrogen and oxygen atoms in total. The average Bonchev–Trinajstić information content (AvgIpc) is 3.53. The van der Waals surface area contributed by atoms with E-state index in [0.29, 0.717) is 45.1 Å². The van der Waals surface area contributed by atoms with Crippen LogP contribution in [0.25, 0.3) is 11.3 Å². The van der Waals surface area contributed by atoms with Crippen LogP contribution in [0.1, 0.15) is 60.8 Å². The van der Waals surface area contributed by atoms with Crippen molar-refractivity contribution in [2.24, 2.45) is 0 Å². The molecule has 0 radical (unpaired) electrons. The fraction of sp³-hybridized carbons (Fsp3) is 0.200. The zero-order chi connectivity index (χ0) is 28.7. The van der Waals surface area contributed by atoms with Gasteiger partial charge in [0.15, 0.2) is 0 Å². The Balaban J connectivity index is 1.25. The van der Waals surface area contributed by atoms with Crippen LogP contribution in [0, 0.1) is 5.82 Å². The number of rotatable bonds is 7. The molecule has 2 aliphatic heterocycles. The molecule has 2 N–H and O–H groups in total. The summed E-state index contributed by atoms with van der Waals surface area (Å²) >= 11 is 1.22. The second kappa shape index (κ2) is 10.7. The molecule has 0 saturated carbocycles. The topological polar surface area (TPSA) is 121 Å². The maximum absolute atomic E-state index is 13.9. The summed E-state index contributed by atoms with van der Waals surface area (Å²) in [6, 6.07) is 13.6. The molecule has 41 heavy (non-hydrogen) atoms. The van der Waals surface area contributed by atoms with E-state index in [4.69, 9.17) is 0 Å². The van der Waals surface area contributed by atoms with Crippen LogP contribution in [0.5, 0.6) is 0 Å². The molecule has 0 fully saturated rings. The predicted octanol–water partition coefficient (Wildman–Crippen LogP) is 4.43. The minimum Gasteiger partial charge on any atom is -0.346 e. The molecule has 206 valence electrons. The van der Waals surface area contributed by atoms with Crippen molar-refractivity contribution in [2.45, 2.75) is 31.7 Å². The van der Waals surface area contributed by atoms with Gasteiger partial charge in [-0.3, -0.25) is 24.1 Å². The highest BCUT2D eigenvalue weighted by molar-refractivity contribution is 7.12. The standard InChI is InChI=1S/C30H24FN5O4S/c1-16-9-24(37)35-27-25(16)26(32-15-33-27)18-12-23(41-14-18)28(38)34-20(11-17-5-4-6-19(31)10-17)13-36-29(39)21-7-2-3-8-22(21)30(36)40/h2-8,10,12,14-16,20H,9,11,13H2,1H3,(H,34,38)(H,32,33,35,37). The largest absolute Gasteiger partial charge is 0.346 e. The molecule has 2 atom stereocenters. The fourth-order valence-electron chi connectivity index (χ4n) is 5.33. The van der Waals surface area contributed by atoms with E-state index in [-0.39, 0.29) is 24.8 Å². The van der Waals surface area contributed by atoms with E-state index in [1.54, 1.807) is 42.5 Å². The number of hydrogen-bond donors (Lipinski definition) is 2. The van der Waals surface area contributed by atoms with Gasteiger partial charge in [-0.15, -0.1) is 11.3 Å². The summed E-state index contributed by atoms with van der Waals surface area (Å²) in [5, 5.41) is 7.54. The minimum absolute atomic E-state index is 0.0799. The molecule has 6 rings (SSSR count). The maximum atomic E-state index is 13.9. The monoisotopic (exact) mass is 569 g/mol. The summed E-state index contributed by atoms with van der Waals surface area (Å²) in [6.07, 6.45) is 1.89. The van der Waals surface area contributed by atoms with E-state index >= 15 is 0 Å². The summed E-state index contributed by atoms with van der Waals surface area (Å²) < 4.78 is 13.9. The van der Waals surface area contributed by atoms with E-state index in [1.807, 2.05) is 12.3 Å². The van der Waals surface area contributed by atoms with Crippen LogP contribution in [-0.4, -0.2) is 51.1 Å². The second-order valence-electron chi connectivity index (χ2n) is 10.1. The molecule has 2 aromatic heterocycles. The molecule has 0 spiro atoms. The molecule has 4 heterocycles. The quantitative estimate of drug-likeness (QED) is 0.318. The lowest BCUT2D eigenvalue weighted by Gasteiger charge is -2.24. The molecule has 2 aliphatic rings. The lowest BCUT2D eigenvalue weighted by molar-refractivity contribution is -0.116. The van der Waals surface area contributed by atoms with Gasteiger partial charge in [0.25, 0.3) is 17.7 Å². The molecule has 4 amide bonds. The highest BCUT2D eigenvalue weighted by Crippen LogP contribution is 2.38. The third kappa shape index (κ3) is 5.11. The summed E-state index contributed by atoms with van der Waals surface area (Å²) in [4.78, 5) is 61.6. The smallest absolute Gasteiger partial charge is 0.261 e. The zero-order valence-corrected chi connectivity index (χ0v) is 22.7. The van der Waals surface area contributed by atoms with Crippen molar-refractivity contribution in [3.05, 3.63) is 99.3 Å². The first-order chi connectivity index (χ1) is 19.8. The predicted molar refractivity (Wildman–Crippen MR) is 150 cm³/mol. The molecule has 2 aromatic carbocycles. The van der Waals surface area contributed by atoms with E-state index in [9.17, 15) is 23.6 Å². The molecule has 0 aliphatic carbocycles. The Kier molecular flexibility index (Phi) is 6.88. The first-order valence-electron chi connectivity index (χ1n) is 13.0. The molecule has 4 aromatic rings. The number of nitrogens with zero attached hydrogens (tertiary/aromatic N) is 3. The van der Waals surface area contributed by atoms with Crippen molar-refractivity contribution in [3.63, 3.8) is 0 Å². The number of anilines is 1. The van der Waals surface area contributed by atoms with Gasteiger partial charge >= 0.3 is 0 Å². The van der Waals surface area contributed by atoms with Crippen molar-refractivity contribution >= 4 is 40.8 Å². The fourth-order valence-corrected chi connectivity index (χ4v) is 6.12. The van der Waals surface area contributed by atoms with Gasteiger partial charge in [-0.25, -0.2) is 14.4 Å². The number of nitrogens with one attached hydrogen (secondary N) is 2. The van der Waals surface area contributed by atoms with Crippen LogP contribution in [0.3, 0.4) is 0 Å². The number of carbonyl (C=O) groups is 4. The van der Waals surface area contributed by atoms with Gasteiger partial charge in [-0.1, -0.05) is 31.2 Å². The number of carbonyl (C=O) groups excluding carboxylic acids is 4. The number of aromatic nitrogens is 2. The van der Waals surface area contributed by atoms with Crippen LogP contribution in [0.15, 0.2) is 66.3 Å². The molecule has 2 unspecified atom stereocenters. The van der Waals surface area contributed by atoms with Gasteiger partial charge in [0.05, 0.1) is 27.7 Å². The van der Waals surface area contributed by atoms with Crippen LogP contribution >= 0.6 is 11.3 Å². The highest BCUT2D eigenvalue weighted by Gasteiger charge is 2.37. The second-order valence-corrected chi connectivity index (χ2v) is 11.0. The van der Waals surface area contributed by atoms with Crippen LogP contribution in [0.4, 0.5) is 10.2 Å². The zero-order valence-electron chi connectivity index (χ0n) is 21.9. The summed E-state index contributed by atoms with van der Waals surface area (Å²) in [5.41, 5.74) is 3.41. The number of amides is 4. The van der Waals surface area contributed by atoms with E-state index in [2.05, 4.69) is 20.6 Å². The normalized spacial score (nSPS) is 16.7. The Labute approximate surface area is 238 Å². The first-order valence-corrected chi connectivity index (χ1v) is 13.9. The van der Waals surface area contributed by atoms with E-state index in [0.717, 1.165) is 10.5 Å². The number of thiophene rings is 1. The number of hydrogen-bond acceptors (Lipinski definition) is 7. The number of benzene rings is 2. The molecule has 0 bridgehead atoms. The van der Waals surface area contributed by atoms with Gasteiger partial charge in [-0.05, 0) is 48.2 Å². The number of fused-ring (bicyclic) bond motifs is 2. The van der Waals surface area contributed by atoms with Gasteiger partial charge in [0.1, 0.15) is 18.0 Å². The lowest BCUT2D eigenvalue weighted by Crippen LogP contribution is -2.46. The molecular weight excluding hydrogens is 545 g/mol. The van der Waals surface area contributed by atoms with Crippen LogP contribution in [-0.2, 0) is 11.2 Å². The Morgan fingerprint density at radius 3 is 2.59 bits per heavy atom. The van der Waals surface area contributed by atoms with Crippen molar-refractivity contribution in [1.82, 2.24) is 20.2 Å². The SMILES string of the molecule is CC1CC(=O)Nc2ncnc(-c3csc(C(=O)NC(Cc4cccc(F)c4)CN4C(=O)c5ccccc5C4=O)c3)c21. The van der Waals surface area contributed by atoms with Crippen LogP contribution in [0.2, 0.25) is 0 Å². The van der Waals surface area contributed by atoms with Crippen molar-refractivity contribution in [1.29, 1.82) is 0 Å². The highest BCUT2D eigenvalue weighted by atomic mass is 32.1. The van der Waals surface area contributed by atoms with Crippen LogP contribution < -0.4 is 10.6 Å². The third-order valence-corrected chi connectivity index (χ3v) is 8.14.